The second kappa shape index (κ2) is 5.30. The Hall–Kier alpha value is -1.04. The van der Waals surface area contributed by atoms with Crippen LogP contribution in [0.15, 0.2) is 4.42 Å². The maximum absolute atomic E-state index is 10.6. The number of rotatable bonds is 5. The number of nitrogens with zero attached hydrogens (tertiary/aromatic N) is 2. The van der Waals surface area contributed by atoms with Crippen molar-refractivity contribution < 1.29 is 14.3 Å². The number of carboxylic acid groups (broad SMARTS) is 1. The van der Waals surface area contributed by atoms with E-state index in [9.17, 15) is 4.79 Å². The molecule has 2 atom stereocenters. The SMILES string of the molecule is CC(CC(=O)O)Cc1nnc(C2(C)CCCS2)o1. The molecule has 1 aliphatic rings. The van der Waals surface area contributed by atoms with Gasteiger partial charge in [0.25, 0.3) is 0 Å². The van der Waals surface area contributed by atoms with E-state index in [0.29, 0.717) is 18.2 Å². The lowest BCUT2D eigenvalue weighted by Gasteiger charge is -2.16. The van der Waals surface area contributed by atoms with Gasteiger partial charge in [0.1, 0.15) is 0 Å². The molecule has 1 saturated heterocycles. The molecular weight excluding hydrogens is 252 g/mol. The zero-order valence-corrected chi connectivity index (χ0v) is 11.5. The van der Waals surface area contributed by atoms with Gasteiger partial charge in [0.2, 0.25) is 11.8 Å². The molecule has 0 spiro atoms. The van der Waals surface area contributed by atoms with Crippen molar-refractivity contribution in [2.75, 3.05) is 5.75 Å². The van der Waals surface area contributed by atoms with Gasteiger partial charge in [0.05, 0.1) is 4.75 Å². The van der Waals surface area contributed by atoms with Gasteiger partial charge in [-0.05, 0) is 31.4 Å². The summed E-state index contributed by atoms with van der Waals surface area (Å²) in [5, 5.41) is 16.9. The van der Waals surface area contributed by atoms with Crippen LogP contribution >= 0.6 is 11.8 Å². The van der Waals surface area contributed by atoms with Crippen molar-refractivity contribution in [2.45, 2.75) is 44.3 Å². The molecule has 2 rings (SSSR count). The Morgan fingerprint density at radius 3 is 3.00 bits per heavy atom. The summed E-state index contributed by atoms with van der Waals surface area (Å²) in [6.45, 7) is 4.01. The predicted molar refractivity (Wildman–Crippen MR) is 68.5 cm³/mol. The van der Waals surface area contributed by atoms with Crippen LogP contribution in [-0.4, -0.2) is 27.0 Å². The summed E-state index contributed by atoms with van der Waals surface area (Å²) in [6, 6.07) is 0. The first kappa shape index (κ1) is 13.4. The molecule has 1 aliphatic heterocycles. The van der Waals surface area contributed by atoms with Crippen LogP contribution in [0.1, 0.15) is 44.9 Å². The fourth-order valence-electron chi connectivity index (χ4n) is 2.17. The van der Waals surface area contributed by atoms with Gasteiger partial charge < -0.3 is 9.52 Å². The lowest BCUT2D eigenvalue weighted by molar-refractivity contribution is -0.137. The first-order valence-corrected chi connectivity index (χ1v) is 7.17. The van der Waals surface area contributed by atoms with Gasteiger partial charge in [0.15, 0.2) is 0 Å². The molecule has 0 aliphatic carbocycles. The molecule has 100 valence electrons. The molecule has 6 heteroatoms. The second-order valence-electron chi connectivity index (χ2n) is 5.09. The van der Waals surface area contributed by atoms with Crippen molar-refractivity contribution in [1.29, 1.82) is 0 Å². The quantitative estimate of drug-likeness (QED) is 0.885. The lowest BCUT2D eigenvalue weighted by atomic mass is 10.0. The number of carbonyl (C=O) groups is 1. The third kappa shape index (κ3) is 3.04. The maximum Gasteiger partial charge on any atom is 0.303 e. The van der Waals surface area contributed by atoms with Crippen LogP contribution in [0.2, 0.25) is 0 Å². The summed E-state index contributed by atoms with van der Waals surface area (Å²) >= 11 is 1.85. The van der Waals surface area contributed by atoms with Crippen LogP contribution in [0.4, 0.5) is 0 Å². The molecular formula is C12H18N2O3S. The summed E-state index contributed by atoms with van der Waals surface area (Å²) < 4.78 is 5.63. The van der Waals surface area contributed by atoms with E-state index < -0.39 is 5.97 Å². The largest absolute Gasteiger partial charge is 0.481 e. The normalized spacial score (nSPS) is 25.2. The monoisotopic (exact) mass is 270 g/mol. The Balaban J connectivity index is 2.00. The second-order valence-corrected chi connectivity index (χ2v) is 6.69. The zero-order chi connectivity index (χ0) is 13.2. The van der Waals surface area contributed by atoms with Gasteiger partial charge in [-0.25, -0.2) is 0 Å². The number of hydrogen-bond acceptors (Lipinski definition) is 5. The van der Waals surface area contributed by atoms with E-state index in [1.807, 2.05) is 18.7 Å². The molecule has 1 aromatic rings. The fraction of sp³-hybridized carbons (Fsp3) is 0.750. The van der Waals surface area contributed by atoms with Gasteiger partial charge in [-0.1, -0.05) is 6.92 Å². The minimum absolute atomic E-state index is 0.0137. The van der Waals surface area contributed by atoms with Gasteiger partial charge in [0, 0.05) is 12.8 Å². The molecule has 1 N–H and O–H groups in total. The van der Waals surface area contributed by atoms with Gasteiger partial charge in [-0.2, -0.15) is 0 Å². The van der Waals surface area contributed by atoms with Crippen molar-refractivity contribution in [3.8, 4) is 0 Å². The number of thioether (sulfide) groups is 1. The molecule has 0 radical (unpaired) electrons. The predicted octanol–water partition coefficient (Wildman–Crippen LogP) is 2.47. The lowest BCUT2D eigenvalue weighted by Crippen LogP contribution is -2.13. The highest BCUT2D eigenvalue weighted by Crippen LogP contribution is 2.45. The van der Waals surface area contributed by atoms with Crippen molar-refractivity contribution in [3.63, 3.8) is 0 Å². The molecule has 18 heavy (non-hydrogen) atoms. The highest BCUT2D eigenvalue weighted by Gasteiger charge is 2.36. The Kier molecular flexibility index (Phi) is 3.94. The Morgan fingerprint density at radius 1 is 1.61 bits per heavy atom. The highest BCUT2D eigenvalue weighted by atomic mass is 32.2. The minimum atomic E-state index is -0.791. The number of aromatic nitrogens is 2. The number of aliphatic carboxylic acids is 1. The Bertz CT molecular complexity index is 427. The number of carboxylic acids is 1. The molecule has 2 heterocycles. The molecule has 2 unspecified atom stereocenters. The van der Waals surface area contributed by atoms with Crippen LogP contribution < -0.4 is 0 Å². The first-order valence-electron chi connectivity index (χ1n) is 6.18. The molecule has 0 amide bonds. The molecule has 1 aromatic heterocycles. The topological polar surface area (TPSA) is 76.2 Å². The van der Waals surface area contributed by atoms with Crippen LogP contribution in [0.3, 0.4) is 0 Å². The van der Waals surface area contributed by atoms with E-state index in [1.54, 1.807) is 0 Å². The van der Waals surface area contributed by atoms with E-state index in [-0.39, 0.29) is 17.1 Å². The Morgan fingerprint density at radius 2 is 2.39 bits per heavy atom. The van der Waals surface area contributed by atoms with E-state index in [4.69, 9.17) is 9.52 Å². The molecule has 0 saturated carbocycles. The highest BCUT2D eigenvalue weighted by molar-refractivity contribution is 8.00. The van der Waals surface area contributed by atoms with Crippen LogP contribution in [0, 0.1) is 5.92 Å². The van der Waals surface area contributed by atoms with Crippen LogP contribution in [-0.2, 0) is 16.0 Å². The average molecular weight is 270 g/mol. The Labute approximate surface area is 110 Å². The molecule has 0 bridgehead atoms. The third-order valence-electron chi connectivity index (χ3n) is 3.18. The summed E-state index contributed by atoms with van der Waals surface area (Å²) in [5.41, 5.74) is 0. The van der Waals surface area contributed by atoms with E-state index in [0.717, 1.165) is 12.2 Å². The van der Waals surface area contributed by atoms with Gasteiger partial charge >= 0.3 is 5.97 Å². The summed E-state index contributed by atoms with van der Waals surface area (Å²) in [7, 11) is 0. The van der Waals surface area contributed by atoms with E-state index >= 15 is 0 Å². The first-order chi connectivity index (χ1) is 8.49. The average Bonchev–Trinajstić information content (AvgIpc) is 2.86. The summed E-state index contributed by atoms with van der Waals surface area (Å²) in [4.78, 5) is 10.6. The standard InChI is InChI=1S/C12H18N2O3S/c1-8(7-10(15)16)6-9-13-14-11(17-9)12(2)4-3-5-18-12/h8H,3-7H2,1-2H3,(H,15,16). The summed E-state index contributed by atoms with van der Waals surface area (Å²) in [6.07, 6.45) is 2.89. The van der Waals surface area contributed by atoms with Crippen molar-refractivity contribution in [1.82, 2.24) is 10.2 Å². The molecule has 0 aromatic carbocycles. The van der Waals surface area contributed by atoms with Crippen LogP contribution in [0.25, 0.3) is 0 Å². The third-order valence-corrected chi connectivity index (χ3v) is 4.69. The maximum atomic E-state index is 10.6. The van der Waals surface area contributed by atoms with Crippen LogP contribution in [0.5, 0.6) is 0 Å². The molecule has 5 nitrogen and oxygen atoms in total. The summed E-state index contributed by atoms with van der Waals surface area (Å²) in [5.74, 6) is 1.58. The fourth-order valence-corrected chi connectivity index (χ4v) is 3.40. The van der Waals surface area contributed by atoms with E-state index in [2.05, 4.69) is 17.1 Å². The van der Waals surface area contributed by atoms with Crippen molar-refractivity contribution >= 4 is 17.7 Å². The van der Waals surface area contributed by atoms with Gasteiger partial charge in [-0.15, -0.1) is 22.0 Å². The smallest absolute Gasteiger partial charge is 0.303 e. The van der Waals surface area contributed by atoms with Crippen molar-refractivity contribution in [2.24, 2.45) is 5.92 Å². The van der Waals surface area contributed by atoms with E-state index in [1.165, 1.54) is 6.42 Å². The van der Waals surface area contributed by atoms with Crippen molar-refractivity contribution in [3.05, 3.63) is 11.8 Å². The molecule has 1 fully saturated rings. The zero-order valence-electron chi connectivity index (χ0n) is 10.7. The van der Waals surface area contributed by atoms with Gasteiger partial charge in [-0.3, -0.25) is 4.79 Å². The minimum Gasteiger partial charge on any atom is -0.481 e. The number of hydrogen-bond donors (Lipinski definition) is 1.